The number of allylic oxidation sites excluding steroid dienone is 2. The molecule has 82 valence electrons. The van der Waals surface area contributed by atoms with Gasteiger partial charge < -0.3 is 10.2 Å². The van der Waals surface area contributed by atoms with Gasteiger partial charge in [0, 0.05) is 50.1 Å². The molecule has 0 aromatic carbocycles. The van der Waals surface area contributed by atoms with Crippen LogP contribution in [-0.2, 0) is 36.9 Å². The van der Waals surface area contributed by atoms with Crippen LogP contribution in [0.4, 0.5) is 0 Å². The first-order chi connectivity index (χ1) is 6.54. The molecule has 0 unspecified atom stereocenters. The van der Waals surface area contributed by atoms with E-state index in [0.717, 1.165) is 12.2 Å². The van der Waals surface area contributed by atoms with Crippen LogP contribution >= 0.6 is 31.9 Å². The van der Waals surface area contributed by atoms with Crippen LogP contribution in [0.3, 0.4) is 0 Å². The van der Waals surface area contributed by atoms with Crippen LogP contribution in [-0.4, -0.2) is 32.8 Å². The van der Waals surface area contributed by atoms with E-state index >= 15 is 0 Å². The fourth-order valence-electron chi connectivity index (χ4n) is 0.291. The van der Waals surface area contributed by atoms with Crippen molar-refractivity contribution in [1.29, 1.82) is 0 Å². The number of carboxylic acids is 2. The summed E-state index contributed by atoms with van der Waals surface area (Å²) >= 11 is 6.06. The van der Waals surface area contributed by atoms with Gasteiger partial charge in [0.05, 0.1) is 0 Å². The number of halogens is 2. The molecule has 15 heavy (non-hydrogen) atoms. The van der Waals surface area contributed by atoms with Crippen molar-refractivity contribution < 1.29 is 47.1 Å². The first kappa shape index (κ1) is 20.7. The molecular formula is C8H10Br2CdO4. The zero-order valence-electron chi connectivity index (χ0n) is 7.90. The third kappa shape index (κ3) is 31.4. The maximum absolute atomic E-state index is 9.65. The molecule has 0 aliphatic carbocycles. The van der Waals surface area contributed by atoms with E-state index in [-0.39, 0.29) is 27.3 Å². The molecule has 0 aromatic heterocycles. The van der Waals surface area contributed by atoms with Gasteiger partial charge in [-0.2, -0.15) is 0 Å². The van der Waals surface area contributed by atoms with Gasteiger partial charge in [-0.05, 0) is 0 Å². The third-order valence-corrected chi connectivity index (χ3v) is 1.45. The molecule has 0 spiro atoms. The van der Waals surface area contributed by atoms with Crippen LogP contribution in [0, 0.1) is 0 Å². The van der Waals surface area contributed by atoms with Crippen LogP contribution in [0.15, 0.2) is 24.3 Å². The maximum Gasteiger partial charge on any atom is 0.328 e. The van der Waals surface area contributed by atoms with Crippen molar-refractivity contribution in [2.75, 3.05) is 10.7 Å². The Labute approximate surface area is 125 Å². The molecule has 0 aliphatic heterocycles. The third-order valence-electron chi connectivity index (χ3n) is 0.699. The van der Waals surface area contributed by atoms with Crippen LogP contribution in [0.2, 0.25) is 0 Å². The molecular weight excluding hydrogens is 432 g/mol. The predicted molar refractivity (Wildman–Crippen MR) is 61.1 cm³/mol. The first-order valence-corrected chi connectivity index (χ1v) is 5.69. The summed E-state index contributed by atoms with van der Waals surface area (Å²) in [6, 6.07) is 0. The van der Waals surface area contributed by atoms with Crippen LogP contribution < -0.4 is 0 Å². The Hall–Kier alpha value is 0.302. The van der Waals surface area contributed by atoms with Gasteiger partial charge in [-0.3, -0.25) is 0 Å². The van der Waals surface area contributed by atoms with Gasteiger partial charge in [-0.25, -0.2) is 9.59 Å². The molecule has 0 aromatic rings. The Kier molecular flexibility index (Phi) is 23.1. The number of carbonyl (C=O) groups is 2. The summed E-state index contributed by atoms with van der Waals surface area (Å²) in [5, 5.41) is 17.1. The zero-order valence-corrected chi connectivity index (χ0v) is 15.1. The largest absolute Gasteiger partial charge is 0.478 e. The van der Waals surface area contributed by atoms with Crippen LogP contribution in [0.25, 0.3) is 0 Å². The quantitative estimate of drug-likeness (QED) is 0.397. The Balaban J connectivity index is -0.000000180. The molecule has 4 nitrogen and oxygen atoms in total. The molecule has 0 radical (unpaired) electrons. The van der Waals surface area contributed by atoms with E-state index in [1.165, 1.54) is 12.2 Å². The summed E-state index contributed by atoms with van der Waals surface area (Å²) in [6.45, 7) is 0. The van der Waals surface area contributed by atoms with E-state index in [2.05, 4.69) is 31.9 Å². The summed E-state index contributed by atoms with van der Waals surface area (Å²) in [7, 11) is 0. The minimum absolute atomic E-state index is 0. The van der Waals surface area contributed by atoms with Crippen molar-refractivity contribution in [2.24, 2.45) is 0 Å². The standard InChI is InChI=1S/2C4H5BrO2.Cd/c2*5-3-1-2-4(6)7;/h2*1-2H,3H2,(H,6,7);/b2*2-1+;. The molecule has 0 aliphatic rings. The summed E-state index contributed by atoms with van der Waals surface area (Å²) in [5.74, 6) is -1.81. The van der Waals surface area contributed by atoms with Crippen molar-refractivity contribution in [1.82, 2.24) is 0 Å². The van der Waals surface area contributed by atoms with E-state index in [1.807, 2.05) is 0 Å². The molecule has 0 fully saturated rings. The fourth-order valence-corrected chi connectivity index (χ4v) is 0.665. The van der Waals surface area contributed by atoms with E-state index < -0.39 is 11.9 Å². The molecule has 0 rings (SSSR count). The Morgan fingerprint density at radius 3 is 1.27 bits per heavy atom. The Morgan fingerprint density at radius 2 is 1.20 bits per heavy atom. The minimum atomic E-state index is -0.903. The maximum atomic E-state index is 9.65. The van der Waals surface area contributed by atoms with E-state index in [0.29, 0.717) is 10.7 Å². The summed E-state index contributed by atoms with van der Waals surface area (Å²) in [5.41, 5.74) is 0. The van der Waals surface area contributed by atoms with E-state index in [9.17, 15) is 9.59 Å². The van der Waals surface area contributed by atoms with Gasteiger partial charge in [0.1, 0.15) is 0 Å². The molecule has 0 heterocycles. The van der Waals surface area contributed by atoms with E-state index in [1.54, 1.807) is 0 Å². The van der Waals surface area contributed by atoms with Crippen LogP contribution in [0.5, 0.6) is 0 Å². The number of hydrogen-bond donors (Lipinski definition) is 2. The minimum Gasteiger partial charge on any atom is -0.478 e. The van der Waals surface area contributed by atoms with Gasteiger partial charge in [0.2, 0.25) is 0 Å². The molecule has 0 atom stereocenters. The normalized spacial score (nSPS) is 9.20. The molecule has 2 N–H and O–H groups in total. The molecule has 0 saturated carbocycles. The predicted octanol–water partition coefficient (Wildman–Crippen LogP) is 2.04. The summed E-state index contributed by atoms with van der Waals surface area (Å²) < 4.78 is 0. The number of alkyl halides is 2. The van der Waals surface area contributed by atoms with Crippen molar-refractivity contribution in [3.05, 3.63) is 24.3 Å². The summed E-state index contributed by atoms with van der Waals surface area (Å²) in [6.07, 6.45) is 5.22. The van der Waals surface area contributed by atoms with Gasteiger partial charge in [0.15, 0.2) is 0 Å². The van der Waals surface area contributed by atoms with Gasteiger partial charge >= 0.3 is 11.9 Å². The first-order valence-electron chi connectivity index (χ1n) is 3.45. The summed E-state index contributed by atoms with van der Waals surface area (Å²) in [4.78, 5) is 19.3. The van der Waals surface area contributed by atoms with Crippen molar-refractivity contribution in [2.45, 2.75) is 0 Å². The van der Waals surface area contributed by atoms with Crippen molar-refractivity contribution in [3.63, 3.8) is 0 Å². The molecule has 0 saturated heterocycles. The van der Waals surface area contributed by atoms with Gasteiger partial charge in [-0.15, -0.1) is 0 Å². The molecule has 0 amide bonds. The Bertz CT molecular complexity index is 205. The number of carboxylic acid groups (broad SMARTS) is 2. The number of hydrogen-bond acceptors (Lipinski definition) is 2. The molecule has 7 heteroatoms. The Morgan fingerprint density at radius 1 is 0.933 bits per heavy atom. The van der Waals surface area contributed by atoms with Gasteiger partial charge in [-0.1, -0.05) is 44.0 Å². The van der Waals surface area contributed by atoms with Crippen molar-refractivity contribution >= 4 is 43.8 Å². The van der Waals surface area contributed by atoms with E-state index in [4.69, 9.17) is 10.2 Å². The van der Waals surface area contributed by atoms with Crippen molar-refractivity contribution in [3.8, 4) is 0 Å². The average molecular weight is 442 g/mol. The number of rotatable bonds is 4. The fraction of sp³-hybridized carbons (Fsp3) is 0.250. The topological polar surface area (TPSA) is 74.6 Å². The second kappa shape index (κ2) is 16.7. The van der Waals surface area contributed by atoms with Crippen LogP contribution in [0.1, 0.15) is 0 Å². The number of aliphatic carboxylic acids is 2. The smallest absolute Gasteiger partial charge is 0.328 e. The monoisotopic (exact) mass is 442 g/mol. The molecule has 0 bridgehead atoms. The second-order valence-corrected chi connectivity index (χ2v) is 3.08. The second-order valence-electron chi connectivity index (χ2n) is 1.79. The SMILES string of the molecule is O=C(O)/C=C/CBr.O=C(O)/C=C/CBr.[Cd]. The average Bonchev–Trinajstić information content (AvgIpc) is 2.12. The van der Waals surface area contributed by atoms with Gasteiger partial charge in [0.25, 0.3) is 0 Å². The zero-order chi connectivity index (χ0) is 11.4.